The van der Waals surface area contributed by atoms with Gasteiger partial charge in [-0.1, -0.05) is 17.4 Å². The topological polar surface area (TPSA) is 146 Å². The Bertz CT molecular complexity index is 1380. The molecule has 3 aromatic rings. The highest BCUT2D eigenvalue weighted by molar-refractivity contribution is 7.11. The largest absolute Gasteiger partial charge is 0.494 e. The van der Waals surface area contributed by atoms with Crippen molar-refractivity contribution in [2.45, 2.75) is 60.1 Å². The van der Waals surface area contributed by atoms with Crippen LogP contribution in [0.25, 0.3) is 0 Å². The minimum atomic E-state index is -0.608. The third kappa shape index (κ3) is 9.33. The van der Waals surface area contributed by atoms with E-state index in [4.69, 9.17) is 23.7 Å². The molecule has 43 heavy (non-hydrogen) atoms. The van der Waals surface area contributed by atoms with Gasteiger partial charge in [0.15, 0.2) is 5.69 Å². The van der Waals surface area contributed by atoms with E-state index < -0.39 is 17.6 Å². The third-order valence-electron chi connectivity index (χ3n) is 5.74. The van der Waals surface area contributed by atoms with Crippen molar-refractivity contribution in [2.75, 3.05) is 44.5 Å². The molecule has 0 atom stereocenters. The summed E-state index contributed by atoms with van der Waals surface area (Å²) in [5.74, 6) is 1.06. The predicted octanol–water partition coefficient (Wildman–Crippen LogP) is 5.76. The molecule has 0 unspecified atom stereocenters. The number of nitrogens with one attached hydrogen (secondary N) is 2. The number of ether oxygens (including phenoxy) is 5. The number of carbonyl (C=O) groups excluding carboxylic acids is 2. The van der Waals surface area contributed by atoms with Gasteiger partial charge in [-0.15, -0.1) is 0 Å². The molecule has 2 amide bonds. The molecule has 1 aromatic carbocycles. The van der Waals surface area contributed by atoms with Crippen LogP contribution in [0.3, 0.4) is 0 Å². The number of aromatic nitrogens is 3. The molecule has 0 fully saturated rings. The number of hydrogen-bond donors (Lipinski definition) is 2. The van der Waals surface area contributed by atoms with E-state index in [1.165, 1.54) is 25.6 Å². The van der Waals surface area contributed by atoms with Crippen molar-refractivity contribution in [3.05, 3.63) is 34.8 Å². The first-order valence-corrected chi connectivity index (χ1v) is 14.6. The molecule has 0 aliphatic heterocycles. The van der Waals surface area contributed by atoms with E-state index in [0.29, 0.717) is 36.4 Å². The number of methoxy groups -OCH3 is 2. The molecule has 0 spiro atoms. The van der Waals surface area contributed by atoms with Gasteiger partial charge in [-0.25, -0.2) is 4.79 Å². The van der Waals surface area contributed by atoms with Crippen LogP contribution in [0.4, 0.5) is 16.4 Å². The van der Waals surface area contributed by atoms with Crippen molar-refractivity contribution >= 4 is 35.0 Å². The van der Waals surface area contributed by atoms with Crippen molar-refractivity contribution in [3.63, 3.8) is 0 Å². The lowest BCUT2D eigenvalue weighted by Crippen LogP contribution is -2.43. The maximum atomic E-state index is 13.1. The first-order valence-electron chi connectivity index (χ1n) is 13.8. The predicted molar refractivity (Wildman–Crippen MR) is 164 cm³/mol. The Labute approximate surface area is 255 Å². The van der Waals surface area contributed by atoms with Gasteiger partial charge >= 0.3 is 6.09 Å². The molecule has 0 saturated carbocycles. The van der Waals surface area contributed by atoms with E-state index in [9.17, 15) is 9.59 Å². The fourth-order valence-electron chi connectivity index (χ4n) is 3.70. The van der Waals surface area contributed by atoms with Gasteiger partial charge in [0.25, 0.3) is 11.1 Å². The number of amides is 2. The zero-order valence-electron chi connectivity index (χ0n) is 26.1. The van der Waals surface area contributed by atoms with E-state index in [1.807, 2.05) is 60.6 Å². The van der Waals surface area contributed by atoms with Gasteiger partial charge in [0, 0.05) is 30.6 Å². The Morgan fingerprint density at radius 2 is 1.74 bits per heavy atom. The second-order valence-electron chi connectivity index (χ2n) is 10.6. The second kappa shape index (κ2) is 14.7. The number of rotatable bonds is 13. The summed E-state index contributed by atoms with van der Waals surface area (Å²) in [6.45, 7) is 14.3. The lowest BCUT2D eigenvalue weighted by Gasteiger charge is -2.30. The summed E-state index contributed by atoms with van der Waals surface area (Å²) in [4.78, 5) is 40.3. The van der Waals surface area contributed by atoms with Gasteiger partial charge < -0.3 is 39.2 Å². The van der Waals surface area contributed by atoms with E-state index in [-0.39, 0.29) is 35.1 Å². The van der Waals surface area contributed by atoms with E-state index >= 15 is 0 Å². The van der Waals surface area contributed by atoms with Crippen LogP contribution in [0.1, 0.15) is 57.6 Å². The Kier molecular flexibility index (Phi) is 11.4. The van der Waals surface area contributed by atoms with Crippen LogP contribution >= 0.6 is 11.3 Å². The molecule has 13 nitrogen and oxygen atoms in total. The fraction of sp³-hybridized carbons (Fsp3) is 0.483. The van der Waals surface area contributed by atoms with Gasteiger partial charge in [0.1, 0.15) is 22.8 Å². The molecule has 2 N–H and O–H groups in total. The van der Waals surface area contributed by atoms with Gasteiger partial charge in [0.2, 0.25) is 17.7 Å². The number of thiazole rings is 1. The maximum Gasteiger partial charge on any atom is 0.410 e. The lowest BCUT2D eigenvalue weighted by atomic mass is 10.2. The van der Waals surface area contributed by atoms with E-state index in [2.05, 4.69) is 25.6 Å². The summed E-state index contributed by atoms with van der Waals surface area (Å²) in [6, 6.07) is 5.45. The van der Waals surface area contributed by atoms with E-state index in [1.54, 1.807) is 16.3 Å². The summed E-state index contributed by atoms with van der Waals surface area (Å²) in [5, 5.41) is 7.66. The third-order valence-corrected chi connectivity index (χ3v) is 6.46. The van der Waals surface area contributed by atoms with Gasteiger partial charge in [0.05, 0.1) is 20.8 Å². The van der Waals surface area contributed by atoms with Gasteiger partial charge in [-0.05, 0) is 60.1 Å². The minimum Gasteiger partial charge on any atom is -0.494 e. The summed E-state index contributed by atoms with van der Waals surface area (Å²) < 4.78 is 27.8. The number of carbonyl (C=O) groups is 2. The monoisotopic (exact) mass is 616 g/mol. The molecule has 2 heterocycles. The minimum absolute atomic E-state index is 0.0747. The van der Waals surface area contributed by atoms with Crippen molar-refractivity contribution in [1.29, 1.82) is 0 Å². The van der Waals surface area contributed by atoms with Crippen LogP contribution in [-0.2, 0) is 4.74 Å². The highest BCUT2D eigenvalue weighted by Gasteiger charge is 2.25. The molecule has 234 valence electrons. The molecule has 0 aliphatic rings. The van der Waals surface area contributed by atoms with Crippen molar-refractivity contribution in [2.24, 2.45) is 0 Å². The van der Waals surface area contributed by atoms with Crippen LogP contribution in [0, 0.1) is 6.92 Å². The first-order chi connectivity index (χ1) is 20.3. The summed E-state index contributed by atoms with van der Waals surface area (Å²) in [7, 11) is 2.83. The average molecular weight is 617 g/mol. The normalized spacial score (nSPS) is 11.1. The van der Waals surface area contributed by atoms with Crippen LogP contribution in [-0.4, -0.2) is 77.4 Å². The SMILES string of the molecule is CCOc1ccc(C)c(Oc2nc(C(=O)Nc3c(OC)nc(NCCN(C(=O)OC(C)(C)C)C(C)C)nc3OC)cs2)c1. The Morgan fingerprint density at radius 1 is 1.07 bits per heavy atom. The quantitative estimate of drug-likeness (QED) is 0.242. The molecule has 14 heteroatoms. The molecule has 0 aliphatic carbocycles. The van der Waals surface area contributed by atoms with Crippen molar-refractivity contribution in [1.82, 2.24) is 19.9 Å². The molecule has 2 aromatic heterocycles. The standard InChI is InChI=1S/C29H40N6O7S/c1-10-40-19-12-11-18(4)21(15-19)41-27-31-20(16-43-27)23(36)32-22-24(38-8)33-26(34-25(22)39-9)30-13-14-35(17(2)3)28(37)42-29(5,6)7/h11-12,15-17H,10,13-14H2,1-9H3,(H,32,36)(H,30,33,34). The molecule has 0 saturated heterocycles. The number of hydrogen-bond acceptors (Lipinski definition) is 12. The van der Waals surface area contributed by atoms with E-state index in [0.717, 1.165) is 5.56 Å². The summed E-state index contributed by atoms with van der Waals surface area (Å²) >= 11 is 1.18. The van der Waals surface area contributed by atoms with Crippen LogP contribution < -0.4 is 29.6 Å². The maximum absolute atomic E-state index is 13.1. The zero-order valence-corrected chi connectivity index (χ0v) is 26.9. The molecule has 3 rings (SSSR count). The van der Waals surface area contributed by atoms with Gasteiger partial charge in [-0.2, -0.15) is 15.0 Å². The number of anilines is 2. The average Bonchev–Trinajstić information content (AvgIpc) is 3.41. The van der Waals surface area contributed by atoms with Crippen molar-refractivity contribution < 1.29 is 33.3 Å². The van der Waals surface area contributed by atoms with Crippen LogP contribution in [0.5, 0.6) is 28.5 Å². The number of benzene rings is 1. The molecule has 0 bridgehead atoms. The highest BCUT2D eigenvalue weighted by atomic mass is 32.1. The molecular weight excluding hydrogens is 576 g/mol. The Balaban J connectivity index is 1.70. The first kappa shape index (κ1) is 33.2. The zero-order chi connectivity index (χ0) is 31.7. The van der Waals surface area contributed by atoms with Gasteiger partial charge in [-0.3, -0.25) is 4.79 Å². The Morgan fingerprint density at radius 3 is 2.33 bits per heavy atom. The highest BCUT2D eigenvalue weighted by Crippen LogP contribution is 2.34. The van der Waals surface area contributed by atoms with Crippen LogP contribution in [0.2, 0.25) is 0 Å². The summed E-state index contributed by atoms with van der Waals surface area (Å²) in [6.07, 6.45) is -0.414. The number of aryl methyl sites for hydroxylation is 1. The molecule has 0 radical (unpaired) electrons. The molecular formula is C29H40N6O7S. The Hall–Kier alpha value is -4.33. The lowest BCUT2D eigenvalue weighted by molar-refractivity contribution is 0.0200. The second-order valence-corrected chi connectivity index (χ2v) is 11.4. The number of nitrogens with zero attached hydrogens (tertiary/aromatic N) is 4. The summed E-state index contributed by atoms with van der Waals surface area (Å²) in [5.41, 5.74) is 0.547. The fourth-order valence-corrected chi connectivity index (χ4v) is 4.36. The van der Waals surface area contributed by atoms with Crippen LogP contribution in [0.15, 0.2) is 23.6 Å². The van der Waals surface area contributed by atoms with Crippen molar-refractivity contribution in [3.8, 4) is 28.5 Å². The smallest absolute Gasteiger partial charge is 0.410 e.